The molecule has 0 saturated carbocycles. The number of esters is 1. The van der Waals surface area contributed by atoms with Crippen LogP contribution in [0.4, 0.5) is 0 Å². The Balaban J connectivity index is 2.47. The molecule has 16 heavy (non-hydrogen) atoms. The molecule has 0 aromatic heterocycles. The quantitative estimate of drug-likeness (QED) is 0.684. The fraction of sp³-hybridized carbons (Fsp3) is 0.917. The van der Waals surface area contributed by atoms with Crippen LogP contribution in [0.15, 0.2) is 0 Å². The van der Waals surface area contributed by atoms with Gasteiger partial charge in [-0.3, -0.25) is 4.79 Å². The van der Waals surface area contributed by atoms with Crippen LogP contribution in [0.1, 0.15) is 27.2 Å². The summed E-state index contributed by atoms with van der Waals surface area (Å²) in [6.45, 7) is 8.78. The van der Waals surface area contributed by atoms with E-state index in [1.807, 2.05) is 0 Å². The van der Waals surface area contributed by atoms with Crippen molar-refractivity contribution in [3.63, 3.8) is 0 Å². The molecule has 4 nitrogen and oxygen atoms in total. The van der Waals surface area contributed by atoms with Crippen molar-refractivity contribution in [1.29, 1.82) is 0 Å². The summed E-state index contributed by atoms with van der Waals surface area (Å²) in [5, 5.41) is 0. The van der Waals surface area contributed by atoms with Gasteiger partial charge in [0.2, 0.25) is 0 Å². The van der Waals surface area contributed by atoms with Crippen LogP contribution < -0.4 is 4.90 Å². The lowest BCUT2D eigenvalue weighted by atomic mass is 9.89. The van der Waals surface area contributed by atoms with Crippen molar-refractivity contribution in [2.24, 2.45) is 5.92 Å². The van der Waals surface area contributed by atoms with Crippen molar-refractivity contribution in [3.8, 4) is 0 Å². The maximum Gasteiger partial charge on any atom is 0.302 e. The number of carbonyl (C=O) groups excluding carboxylic acids is 1. The minimum atomic E-state index is -0.163. The minimum absolute atomic E-state index is 0.0961. The topological polar surface area (TPSA) is 40.0 Å². The molecule has 0 aliphatic carbocycles. The van der Waals surface area contributed by atoms with Crippen molar-refractivity contribution in [3.05, 3.63) is 0 Å². The lowest BCUT2D eigenvalue weighted by Crippen LogP contribution is -3.18. The van der Waals surface area contributed by atoms with Gasteiger partial charge in [-0.25, -0.2) is 0 Å². The molecule has 0 amide bonds. The lowest BCUT2D eigenvalue weighted by molar-refractivity contribution is -0.934. The molecule has 1 rings (SSSR count). The number of ether oxygens (including phenoxy) is 2. The highest BCUT2D eigenvalue weighted by Gasteiger charge is 2.36. The van der Waals surface area contributed by atoms with E-state index in [1.165, 1.54) is 6.92 Å². The van der Waals surface area contributed by atoms with Crippen molar-refractivity contribution in [2.75, 3.05) is 26.8 Å². The molecule has 0 bridgehead atoms. The van der Waals surface area contributed by atoms with Gasteiger partial charge in [-0.1, -0.05) is 6.92 Å². The van der Waals surface area contributed by atoms with Gasteiger partial charge in [0.25, 0.3) is 0 Å². The van der Waals surface area contributed by atoms with Crippen LogP contribution >= 0.6 is 0 Å². The van der Waals surface area contributed by atoms with E-state index in [9.17, 15) is 4.79 Å². The average Bonchev–Trinajstić information content (AvgIpc) is 2.23. The normalized spacial score (nSPS) is 34.8. The first-order valence-electron chi connectivity index (χ1n) is 6.07. The molecule has 94 valence electrons. The van der Waals surface area contributed by atoms with E-state index in [4.69, 9.17) is 9.47 Å². The zero-order chi connectivity index (χ0) is 12.1. The van der Waals surface area contributed by atoms with Crippen LogP contribution in [0.2, 0.25) is 0 Å². The predicted octanol–water partition coefficient (Wildman–Crippen LogP) is -0.122. The fourth-order valence-corrected chi connectivity index (χ4v) is 2.48. The number of nitrogens with one attached hydrogen (secondary N) is 1. The monoisotopic (exact) mass is 230 g/mol. The third-order valence-corrected chi connectivity index (χ3v) is 3.71. The van der Waals surface area contributed by atoms with E-state index in [1.54, 1.807) is 12.0 Å². The summed E-state index contributed by atoms with van der Waals surface area (Å²) in [6, 6.07) is 0.522. The van der Waals surface area contributed by atoms with E-state index in [2.05, 4.69) is 13.8 Å². The number of piperidine rings is 1. The van der Waals surface area contributed by atoms with E-state index < -0.39 is 0 Å². The number of likely N-dealkylation sites (tertiary alicyclic amines) is 1. The smallest absolute Gasteiger partial charge is 0.302 e. The Morgan fingerprint density at radius 3 is 2.69 bits per heavy atom. The molecule has 0 radical (unpaired) electrons. The van der Waals surface area contributed by atoms with Crippen LogP contribution in [0.5, 0.6) is 0 Å². The summed E-state index contributed by atoms with van der Waals surface area (Å²) in [4.78, 5) is 12.5. The number of carbonyl (C=O) groups is 1. The molecule has 1 fully saturated rings. The van der Waals surface area contributed by atoms with Crippen LogP contribution in [-0.2, 0) is 14.3 Å². The summed E-state index contributed by atoms with van der Waals surface area (Å²) in [5.41, 5.74) is 0. The summed E-state index contributed by atoms with van der Waals surface area (Å²) >= 11 is 0. The van der Waals surface area contributed by atoms with E-state index in [0.717, 1.165) is 26.1 Å². The van der Waals surface area contributed by atoms with Crippen LogP contribution in [0, 0.1) is 5.92 Å². The zero-order valence-electron chi connectivity index (χ0n) is 10.8. The average molecular weight is 230 g/mol. The highest BCUT2D eigenvalue weighted by Crippen LogP contribution is 2.17. The van der Waals surface area contributed by atoms with Crippen molar-refractivity contribution in [1.82, 2.24) is 0 Å². The second kappa shape index (κ2) is 6.21. The molecule has 1 aliphatic rings. The molecule has 1 heterocycles. The standard InChI is InChI=1S/C12H23NO3/c1-9-10(2)13(7-8-15-4)6-5-12(9)16-11(3)14/h9-10,12H,5-8H2,1-4H3/p+1/t9-,10-,12+/m1/s1. The highest BCUT2D eigenvalue weighted by molar-refractivity contribution is 5.66. The Morgan fingerprint density at radius 2 is 2.12 bits per heavy atom. The Kier molecular flexibility index (Phi) is 5.22. The largest absolute Gasteiger partial charge is 0.462 e. The van der Waals surface area contributed by atoms with Gasteiger partial charge < -0.3 is 14.4 Å². The Hall–Kier alpha value is -0.610. The number of hydrogen-bond donors (Lipinski definition) is 1. The van der Waals surface area contributed by atoms with E-state index in [0.29, 0.717) is 12.0 Å². The number of hydrogen-bond acceptors (Lipinski definition) is 3. The zero-order valence-corrected chi connectivity index (χ0v) is 10.8. The summed E-state index contributed by atoms with van der Waals surface area (Å²) < 4.78 is 10.5. The second-order valence-electron chi connectivity index (χ2n) is 4.74. The maximum atomic E-state index is 11.0. The fourth-order valence-electron chi connectivity index (χ4n) is 2.48. The first-order chi connectivity index (χ1) is 7.56. The van der Waals surface area contributed by atoms with Crippen LogP contribution in [0.3, 0.4) is 0 Å². The molecule has 0 spiro atoms. The first-order valence-corrected chi connectivity index (χ1v) is 6.07. The number of methoxy groups -OCH3 is 1. The summed E-state index contributed by atoms with van der Waals surface area (Å²) in [6.07, 6.45) is 1.06. The SMILES string of the molecule is COCC[NH+]1CC[C@H](OC(C)=O)[C@H](C)[C@H]1C. The van der Waals surface area contributed by atoms with Gasteiger partial charge in [-0.15, -0.1) is 0 Å². The third kappa shape index (κ3) is 3.46. The van der Waals surface area contributed by atoms with E-state index >= 15 is 0 Å². The molecule has 1 saturated heterocycles. The molecule has 0 aromatic rings. The molecular weight excluding hydrogens is 206 g/mol. The third-order valence-electron chi connectivity index (χ3n) is 3.71. The molecule has 4 atom stereocenters. The van der Waals surface area contributed by atoms with Gasteiger partial charge in [0.05, 0.1) is 19.2 Å². The molecule has 1 unspecified atom stereocenters. The molecule has 0 aromatic carbocycles. The highest BCUT2D eigenvalue weighted by atomic mass is 16.5. The van der Waals surface area contributed by atoms with Gasteiger partial charge in [0.1, 0.15) is 12.6 Å². The molecule has 1 N–H and O–H groups in total. The summed E-state index contributed by atoms with van der Waals surface area (Å²) in [7, 11) is 1.74. The predicted molar refractivity (Wildman–Crippen MR) is 61.4 cm³/mol. The molecular formula is C12H24NO3+. The maximum absolute atomic E-state index is 11.0. The Labute approximate surface area is 97.9 Å². The van der Waals surface area contributed by atoms with Crippen molar-refractivity contribution < 1.29 is 19.2 Å². The van der Waals surface area contributed by atoms with Crippen LogP contribution in [0.25, 0.3) is 0 Å². The lowest BCUT2D eigenvalue weighted by Gasteiger charge is -2.39. The van der Waals surface area contributed by atoms with Gasteiger partial charge in [-0.05, 0) is 6.92 Å². The Morgan fingerprint density at radius 1 is 1.44 bits per heavy atom. The van der Waals surface area contributed by atoms with Gasteiger partial charge >= 0.3 is 5.97 Å². The molecule has 4 heteroatoms. The number of quaternary nitrogens is 1. The second-order valence-corrected chi connectivity index (χ2v) is 4.74. The van der Waals surface area contributed by atoms with Crippen molar-refractivity contribution in [2.45, 2.75) is 39.3 Å². The first kappa shape index (κ1) is 13.5. The van der Waals surface area contributed by atoms with E-state index in [-0.39, 0.29) is 12.1 Å². The van der Waals surface area contributed by atoms with Gasteiger partial charge in [0.15, 0.2) is 0 Å². The van der Waals surface area contributed by atoms with Gasteiger partial charge in [0, 0.05) is 26.4 Å². The van der Waals surface area contributed by atoms with Crippen molar-refractivity contribution >= 4 is 5.97 Å². The minimum Gasteiger partial charge on any atom is -0.462 e. The number of rotatable bonds is 4. The Bertz CT molecular complexity index is 232. The van der Waals surface area contributed by atoms with Crippen LogP contribution in [-0.4, -0.2) is 44.9 Å². The van der Waals surface area contributed by atoms with Gasteiger partial charge in [-0.2, -0.15) is 0 Å². The molecule has 1 aliphatic heterocycles. The summed E-state index contributed by atoms with van der Waals surface area (Å²) in [5.74, 6) is 0.258.